The maximum absolute atomic E-state index is 8.65. The van der Waals surface area contributed by atoms with Crippen LogP contribution in [0.15, 0.2) is 22.0 Å². The van der Waals surface area contributed by atoms with Crippen molar-refractivity contribution in [2.45, 2.75) is 18.7 Å². The summed E-state index contributed by atoms with van der Waals surface area (Å²) >= 11 is 5.65. The molecule has 1 aromatic carbocycles. The normalized spacial score (nSPS) is 8.93. The van der Waals surface area contributed by atoms with Crippen molar-refractivity contribution in [3.8, 4) is 5.40 Å². The third-order valence-electron chi connectivity index (χ3n) is 1.97. The summed E-state index contributed by atoms with van der Waals surface area (Å²) < 4.78 is 0. The van der Waals surface area contributed by atoms with Gasteiger partial charge in [0.05, 0.1) is 15.7 Å². The van der Waals surface area contributed by atoms with Gasteiger partial charge < -0.3 is 0 Å². The van der Waals surface area contributed by atoms with Crippen LogP contribution in [0.4, 0.5) is 5.69 Å². The molecule has 0 aliphatic carbocycles. The Balaban J connectivity index is 3.38. The van der Waals surface area contributed by atoms with Crippen LogP contribution in [0.1, 0.15) is 11.1 Å². The number of nitriles is 1. The fraction of sp³-hybridized carbons (Fsp3) is 0.200. The van der Waals surface area contributed by atoms with E-state index in [-0.39, 0.29) is 0 Å². The Kier molecular flexibility index (Phi) is 3.84. The van der Waals surface area contributed by atoms with Gasteiger partial charge in [0.25, 0.3) is 0 Å². The van der Waals surface area contributed by atoms with Gasteiger partial charge in [-0.3, -0.25) is 0 Å². The number of thiocyanates is 1. The smallest absolute Gasteiger partial charge is 0.138 e. The van der Waals surface area contributed by atoms with Crippen molar-refractivity contribution in [1.29, 1.82) is 5.26 Å². The van der Waals surface area contributed by atoms with E-state index in [1.165, 1.54) is 0 Å². The van der Waals surface area contributed by atoms with E-state index in [0.717, 1.165) is 33.5 Å². The highest BCUT2D eigenvalue weighted by Gasteiger charge is 2.07. The van der Waals surface area contributed by atoms with E-state index in [0.29, 0.717) is 0 Å². The van der Waals surface area contributed by atoms with Crippen molar-refractivity contribution >= 4 is 34.8 Å². The highest BCUT2D eigenvalue weighted by Crippen LogP contribution is 2.33. The van der Waals surface area contributed by atoms with Gasteiger partial charge in [-0.1, -0.05) is 6.07 Å². The standard InChI is InChI=1S/C10H8N2S2/c1-7-3-4-9(12-6-13)10(8(7)2)14-5-11/h3-4H,1-2H3. The zero-order valence-corrected chi connectivity index (χ0v) is 9.50. The fourth-order valence-electron chi connectivity index (χ4n) is 1.09. The maximum atomic E-state index is 8.65. The molecule has 0 radical (unpaired) electrons. The van der Waals surface area contributed by atoms with Crippen LogP contribution in [0.2, 0.25) is 0 Å². The third-order valence-corrected chi connectivity index (χ3v) is 2.87. The van der Waals surface area contributed by atoms with Crippen LogP contribution in [0.3, 0.4) is 0 Å². The third kappa shape index (κ3) is 2.21. The molecule has 0 fully saturated rings. The van der Waals surface area contributed by atoms with Gasteiger partial charge in [0, 0.05) is 0 Å². The summed E-state index contributed by atoms with van der Waals surface area (Å²) in [6.45, 7) is 3.97. The Morgan fingerprint density at radius 2 is 2.14 bits per heavy atom. The van der Waals surface area contributed by atoms with E-state index in [1.807, 2.05) is 31.4 Å². The lowest BCUT2D eigenvalue weighted by molar-refractivity contribution is 1.22. The van der Waals surface area contributed by atoms with Crippen LogP contribution in [-0.2, 0) is 0 Å². The van der Waals surface area contributed by atoms with Crippen LogP contribution < -0.4 is 0 Å². The number of hydrogen-bond acceptors (Lipinski definition) is 4. The number of hydrogen-bond donors (Lipinski definition) is 0. The molecule has 2 nitrogen and oxygen atoms in total. The minimum Gasteiger partial charge on any atom is -0.193 e. The second-order valence-electron chi connectivity index (χ2n) is 2.75. The fourth-order valence-corrected chi connectivity index (χ4v) is 1.81. The van der Waals surface area contributed by atoms with Crippen LogP contribution in [0.25, 0.3) is 0 Å². The van der Waals surface area contributed by atoms with Crippen molar-refractivity contribution < 1.29 is 0 Å². The van der Waals surface area contributed by atoms with Crippen LogP contribution in [0, 0.1) is 24.5 Å². The summed E-state index contributed by atoms with van der Waals surface area (Å²) in [5.41, 5.74) is 2.93. The Hall–Kier alpha value is -1.14. The van der Waals surface area contributed by atoms with E-state index in [1.54, 1.807) is 0 Å². The molecule has 14 heavy (non-hydrogen) atoms. The Bertz CT molecular complexity index is 440. The van der Waals surface area contributed by atoms with Crippen molar-refractivity contribution in [2.75, 3.05) is 0 Å². The first-order valence-corrected chi connectivity index (χ1v) is 5.17. The van der Waals surface area contributed by atoms with Crippen LogP contribution in [-0.4, -0.2) is 5.16 Å². The van der Waals surface area contributed by atoms with Crippen LogP contribution in [0.5, 0.6) is 0 Å². The van der Waals surface area contributed by atoms with Crippen molar-refractivity contribution in [1.82, 2.24) is 0 Å². The number of aliphatic imine (C=N–C) groups is 1. The molecule has 0 aliphatic rings. The summed E-state index contributed by atoms with van der Waals surface area (Å²) in [6.07, 6.45) is 0. The number of benzene rings is 1. The van der Waals surface area contributed by atoms with Gasteiger partial charge in [-0.25, -0.2) is 0 Å². The quantitative estimate of drug-likeness (QED) is 0.330. The number of thioether (sulfide) groups is 1. The molecule has 0 N–H and O–H groups in total. The van der Waals surface area contributed by atoms with E-state index in [9.17, 15) is 0 Å². The summed E-state index contributed by atoms with van der Waals surface area (Å²) in [5, 5.41) is 13.0. The number of thiocarbonyl (C=S) groups is 1. The summed E-state index contributed by atoms with van der Waals surface area (Å²) in [4.78, 5) is 4.79. The predicted octanol–water partition coefficient (Wildman–Crippen LogP) is 3.61. The lowest BCUT2D eigenvalue weighted by Crippen LogP contribution is -1.84. The van der Waals surface area contributed by atoms with Crippen LogP contribution >= 0.6 is 24.0 Å². The average molecular weight is 220 g/mol. The Morgan fingerprint density at radius 3 is 2.71 bits per heavy atom. The highest BCUT2D eigenvalue weighted by molar-refractivity contribution is 8.04. The predicted molar refractivity (Wildman–Crippen MR) is 62.1 cm³/mol. The van der Waals surface area contributed by atoms with Gasteiger partial charge in [0.15, 0.2) is 0 Å². The Labute approximate surface area is 92.7 Å². The minimum atomic E-state index is 0.717. The molecule has 0 amide bonds. The second kappa shape index (κ2) is 4.92. The Morgan fingerprint density at radius 1 is 1.43 bits per heavy atom. The molecule has 0 heterocycles. The minimum absolute atomic E-state index is 0.717. The van der Waals surface area contributed by atoms with E-state index in [2.05, 4.69) is 22.4 Å². The van der Waals surface area contributed by atoms with E-state index in [4.69, 9.17) is 5.26 Å². The van der Waals surface area contributed by atoms with Gasteiger partial charge in [-0.15, -0.1) is 0 Å². The molecule has 0 spiro atoms. The first-order valence-electron chi connectivity index (χ1n) is 3.94. The topological polar surface area (TPSA) is 36.1 Å². The number of rotatable bonds is 2. The molecular weight excluding hydrogens is 212 g/mol. The highest BCUT2D eigenvalue weighted by atomic mass is 32.2. The molecule has 0 aliphatic heterocycles. The molecule has 0 atom stereocenters. The van der Waals surface area contributed by atoms with E-state index < -0.39 is 0 Å². The largest absolute Gasteiger partial charge is 0.193 e. The molecule has 70 valence electrons. The van der Waals surface area contributed by atoms with Crippen molar-refractivity contribution in [2.24, 2.45) is 4.99 Å². The zero-order chi connectivity index (χ0) is 10.6. The van der Waals surface area contributed by atoms with Gasteiger partial charge >= 0.3 is 0 Å². The monoisotopic (exact) mass is 220 g/mol. The number of nitrogens with zero attached hydrogens (tertiary/aromatic N) is 2. The van der Waals surface area contributed by atoms with Gasteiger partial charge in [-0.2, -0.15) is 10.3 Å². The SMILES string of the molecule is Cc1ccc(N=C=S)c(SC#N)c1C. The second-order valence-corrected chi connectivity index (χ2v) is 3.73. The lowest BCUT2D eigenvalue weighted by atomic mass is 10.1. The van der Waals surface area contributed by atoms with Gasteiger partial charge in [-0.05, 0) is 55.0 Å². The van der Waals surface area contributed by atoms with Gasteiger partial charge in [0.2, 0.25) is 0 Å². The molecular formula is C10H8N2S2. The first kappa shape index (κ1) is 10.9. The average Bonchev–Trinajstić information content (AvgIpc) is 2.18. The summed E-state index contributed by atoms with van der Waals surface area (Å²) in [5.74, 6) is 0. The molecule has 0 saturated carbocycles. The molecule has 4 heteroatoms. The maximum Gasteiger partial charge on any atom is 0.138 e. The van der Waals surface area contributed by atoms with Gasteiger partial charge in [0.1, 0.15) is 5.40 Å². The zero-order valence-electron chi connectivity index (χ0n) is 7.87. The summed E-state index contributed by atoms with van der Waals surface area (Å²) in [6, 6.07) is 3.81. The van der Waals surface area contributed by atoms with Crippen molar-refractivity contribution in [3.05, 3.63) is 23.3 Å². The molecule has 0 saturated heterocycles. The first-order chi connectivity index (χ1) is 6.70. The molecule has 0 aromatic heterocycles. The number of aryl methyl sites for hydroxylation is 1. The molecule has 0 bridgehead atoms. The lowest BCUT2D eigenvalue weighted by Gasteiger charge is -2.06. The molecule has 0 unspecified atom stereocenters. The summed E-state index contributed by atoms with van der Waals surface area (Å²) in [7, 11) is 0. The van der Waals surface area contributed by atoms with E-state index >= 15 is 0 Å². The van der Waals surface area contributed by atoms with Crippen molar-refractivity contribution in [3.63, 3.8) is 0 Å². The molecule has 1 aromatic rings. The number of isothiocyanates is 1. The molecule has 1 rings (SSSR count).